The molecule has 156 valence electrons. The summed E-state index contributed by atoms with van der Waals surface area (Å²) in [6.07, 6.45) is 0.737. The van der Waals surface area contributed by atoms with Gasteiger partial charge < -0.3 is 10.8 Å². The molecule has 3 N–H and O–H groups in total. The number of halogens is 1. The number of carbonyl (C=O) groups is 6. The number of hydrogen-bond donors (Lipinski definition) is 2. The van der Waals surface area contributed by atoms with Crippen LogP contribution in [0.15, 0.2) is 11.1 Å². The number of primary amides is 1. The van der Waals surface area contributed by atoms with E-state index in [9.17, 15) is 33.9 Å². The van der Waals surface area contributed by atoms with Crippen LogP contribution in [0.1, 0.15) is 12.8 Å². The van der Waals surface area contributed by atoms with Gasteiger partial charge in [0.15, 0.2) is 40.9 Å². The number of likely N-dealkylation sites (N-methyl/N-ethyl adjacent to an activating group) is 1. The summed E-state index contributed by atoms with van der Waals surface area (Å²) >= 11 is 2.02. The van der Waals surface area contributed by atoms with Crippen LogP contribution >= 0.6 is 22.6 Å². The molecule has 0 radical (unpaired) electrons. The van der Waals surface area contributed by atoms with E-state index in [2.05, 4.69) is 0 Å². The van der Waals surface area contributed by atoms with Gasteiger partial charge >= 0.3 is 0 Å². The van der Waals surface area contributed by atoms with Crippen LogP contribution in [0.2, 0.25) is 0 Å². The van der Waals surface area contributed by atoms with Crippen LogP contribution in [-0.2, 0) is 28.8 Å². The third-order valence-corrected chi connectivity index (χ3v) is 7.30. The minimum Gasteiger partial charge on any atom is -0.374 e. The Morgan fingerprint density at radius 3 is 2.38 bits per heavy atom. The second kappa shape index (κ2) is 7.47. The normalized spacial score (nSPS) is 37.5. The SMILES string of the molecule is CN(C)C1C(=O)C(C(N)=O)C(=O)[C@@]2(O)C(=O)C3C(=O)C(C=O)=C(CI)CC3CC12. The Kier molecular flexibility index (Phi) is 5.65. The second-order valence-corrected chi connectivity index (χ2v) is 8.82. The number of Topliss-reactive ketones (excluding diaryl/α,β-unsaturated/α-hetero) is 4. The minimum absolute atomic E-state index is 0.0523. The number of hydrogen-bond acceptors (Lipinski definition) is 8. The zero-order valence-electron chi connectivity index (χ0n) is 15.9. The minimum atomic E-state index is -2.69. The fraction of sp³-hybridized carbons (Fsp3) is 0.579. The number of carbonyl (C=O) groups excluding carboxylic acids is 6. The van der Waals surface area contributed by atoms with Crippen LogP contribution in [0.25, 0.3) is 0 Å². The summed E-state index contributed by atoms with van der Waals surface area (Å²) in [6, 6.07) is -1.09. The fourth-order valence-electron chi connectivity index (χ4n) is 5.10. The van der Waals surface area contributed by atoms with Crippen molar-refractivity contribution in [2.24, 2.45) is 29.4 Å². The molecule has 0 spiro atoms. The molecule has 2 saturated carbocycles. The van der Waals surface area contributed by atoms with E-state index in [1.807, 2.05) is 22.6 Å². The molecule has 9 nitrogen and oxygen atoms in total. The summed E-state index contributed by atoms with van der Waals surface area (Å²) < 4.78 is 0.419. The summed E-state index contributed by atoms with van der Waals surface area (Å²) in [6.45, 7) is 0. The Labute approximate surface area is 180 Å². The summed E-state index contributed by atoms with van der Waals surface area (Å²) in [4.78, 5) is 76.7. The van der Waals surface area contributed by atoms with Gasteiger partial charge in [0.05, 0.1) is 17.5 Å². The molecule has 0 aromatic carbocycles. The van der Waals surface area contributed by atoms with E-state index in [1.165, 1.54) is 4.90 Å². The van der Waals surface area contributed by atoms with E-state index in [0.29, 0.717) is 16.3 Å². The maximum atomic E-state index is 13.3. The molecule has 0 aromatic rings. The largest absolute Gasteiger partial charge is 0.374 e. The Hall–Kier alpha value is -1.79. The smallest absolute Gasteiger partial charge is 0.235 e. The van der Waals surface area contributed by atoms with Gasteiger partial charge in [0, 0.05) is 10.3 Å². The third-order valence-electron chi connectivity index (χ3n) is 6.38. The Morgan fingerprint density at radius 2 is 1.90 bits per heavy atom. The van der Waals surface area contributed by atoms with Crippen LogP contribution in [0.3, 0.4) is 0 Å². The number of aldehydes is 1. The molecular formula is C19H21IN2O7. The predicted molar refractivity (Wildman–Crippen MR) is 107 cm³/mol. The van der Waals surface area contributed by atoms with Crippen molar-refractivity contribution in [1.82, 2.24) is 4.90 Å². The van der Waals surface area contributed by atoms with Gasteiger partial charge in [0.2, 0.25) is 5.91 Å². The number of allylic oxidation sites excluding steroid dienone is 2. The molecule has 2 fully saturated rings. The second-order valence-electron chi connectivity index (χ2n) is 8.06. The highest BCUT2D eigenvalue weighted by atomic mass is 127. The number of nitrogens with two attached hydrogens (primary N) is 1. The average Bonchev–Trinajstić information content (AvgIpc) is 2.63. The number of aliphatic hydroxyl groups is 1. The summed E-state index contributed by atoms with van der Waals surface area (Å²) in [7, 11) is 3.08. The van der Waals surface area contributed by atoms with Crippen LogP contribution in [0.4, 0.5) is 0 Å². The highest BCUT2D eigenvalue weighted by Gasteiger charge is 2.69. The van der Waals surface area contributed by atoms with Gasteiger partial charge in [-0.1, -0.05) is 22.6 Å². The molecule has 0 bridgehead atoms. The van der Waals surface area contributed by atoms with Crippen LogP contribution in [0, 0.1) is 23.7 Å². The molecule has 29 heavy (non-hydrogen) atoms. The fourth-order valence-corrected chi connectivity index (χ4v) is 5.82. The van der Waals surface area contributed by atoms with Gasteiger partial charge in [-0.25, -0.2) is 0 Å². The number of nitrogens with zero attached hydrogens (tertiary/aromatic N) is 1. The average molecular weight is 516 g/mol. The van der Waals surface area contributed by atoms with Crippen molar-refractivity contribution >= 4 is 57.9 Å². The van der Waals surface area contributed by atoms with E-state index in [1.54, 1.807) is 14.1 Å². The molecule has 10 heteroatoms. The lowest BCUT2D eigenvalue weighted by Crippen LogP contribution is -2.74. The molecule has 3 aliphatic rings. The van der Waals surface area contributed by atoms with Crippen molar-refractivity contribution in [2.75, 3.05) is 18.5 Å². The summed E-state index contributed by atoms with van der Waals surface area (Å²) in [5, 5.41) is 11.3. The van der Waals surface area contributed by atoms with Gasteiger partial charge in [0.25, 0.3) is 0 Å². The Balaban J connectivity index is 2.17. The van der Waals surface area contributed by atoms with E-state index in [0.717, 1.165) is 0 Å². The van der Waals surface area contributed by atoms with Crippen molar-refractivity contribution in [2.45, 2.75) is 24.5 Å². The quantitative estimate of drug-likeness (QED) is 0.153. The lowest BCUT2D eigenvalue weighted by Gasteiger charge is -2.52. The topological polar surface area (TPSA) is 152 Å². The molecule has 0 aliphatic heterocycles. The first-order valence-electron chi connectivity index (χ1n) is 9.10. The molecule has 3 rings (SSSR count). The zero-order valence-corrected chi connectivity index (χ0v) is 18.0. The lowest BCUT2D eigenvalue weighted by molar-refractivity contribution is -0.183. The van der Waals surface area contributed by atoms with Crippen molar-refractivity contribution in [3.8, 4) is 0 Å². The van der Waals surface area contributed by atoms with E-state index in [4.69, 9.17) is 5.73 Å². The number of fused-ring (bicyclic) bond motifs is 2. The maximum Gasteiger partial charge on any atom is 0.235 e. The highest BCUT2D eigenvalue weighted by Crippen LogP contribution is 2.50. The lowest BCUT2D eigenvalue weighted by atomic mass is 9.52. The molecule has 3 aliphatic carbocycles. The van der Waals surface area contributed by atoms with Crippen LogP contribution < -0.4 is 5.73 Å². The van der Waals surface area contributed by atoms with Crippen molar-refractivity contribution in [1.29, 1.82) is 0 Å². The molecule has 5 unspecified atom stereocenters. The number of ketones is 4. The third kappa shape index (κ3) is 2.95. The van der Waals surface area contributed by atoms with E-state index in [-0.39, 0.29) is 18.4 Å². The van der Waals surface area contributed by atoms with Crippen LogP contribution in [0.5, 0.6) is 0 Å². The van der Waals surface area contributed by atoms with Crippen molar-refractivity contribution < 1.29 is 33.9 Å². The molecular weight excluding hydrogens is 495 g/mol. The van der Waals surface area contributed by atoms with Gasteiger partial charge in [0.1, 0.15) is 0 Å². The Bertz CT molecular complexity index is 880. The first-order valence-corrected chi connectivity index (χ1v) is 10.6. The molecule has 0 saturated heterocycles. The predicted octanol–water partition coefficient (Wildman–Crippen LogP) is -1.37. The van der Waals surface area contributed by atoms with E-state index >= 15 is 0 Å². The molecule has 0 heterocycles. The highest BCUT2D eigenvalue weighted by molar-refractivity contribution is 14.1. The Morgan fingerprint density at radius 1 is 1.28 bits per heavy atom. The van der Waals surface area contributed by atoms with Crippen molar-refractivity contribution in [3.63, 3.8) is 0 Å². The molecule has 6 atom stereocenters. The number of amides is 1. The van der Waals surface area contributed by atoms with Gasteiger partial charge in [-0.2, -0.15) is 0 Å². The number of alkyl halides is 1. The molecule has 1 amide bonds. The first kappa shape index (κ1) is 21.9. The summed E-state index contributed by atoms with van der Waals surface area (Å²) in [5.74, 6) is -10.0. The number of rotatable bonds is 4. The van der Waals surface area contributed by atoms with Crippen molar-refractivity contribution in [3.05, 3.63) is 11.1 Å². The monoisotopic (exact) mass is 516 g/mol. The first-order chi connectivity index (χ1) is 13.5. The maximum absolute atomic E-state index is 13.3. The van der Waals surface area contributed by atoms with Crippen LogP contribution in [-0.4, -0.2) is 75.5 Å². The molecule has 0 aromatic heterocycles. The van der Waals surface area contributed by atoms with Gasteiger partial charge in [-0.3, -0.25) is 33.7 Å². The van der Waals surface area contributed by atoms with Gasteiger partial charge in [-0.15, -0.1) is 0 Å². The standard InChI is InChI=1S/C19H21IN2O7/c1-22(2)13-10-4-7-3-8(5-20)9(6-23)14(24)11(7)16(26)19(10,29)17(27)12(15(13)25)18(21)28/h6-7,10-13,29H,3-5H2,1-2H3,(H2,21,28)/t7?,10?,11?,12?,13?,19-/m0/s1. The van der Waals surface area contributed by atoms with E-state index < -0.39 is 64.4 Å². The summed E-state index contributed by atoms with van der Waals surface area (Å²) in [5.41, 5.74) is 3.05. The van der Waals surface area contributed by atoms with Gasteiger partial charge in [-0.05, 0) is 38.4 Å². The zero-order chi connectivity index (χ0) is 21.8.